The minimum atomic E-state index is 0. The third-order valence-electron chi connectivity index (χ3n) is 10.3. The molecule has 0 N–H and O–H groups in total. The van der Waals surface area contributed by atoms with Crippen molar-refractivity contribution in [3.8, 4) is 0 Å². The van der Waals surface area contributed by atoms with Gasteiger partial charge in [0.15, 0.2) is 0 Å². The molecule has 2 aromatic carbocycles. The zero-order valence-corrected chi connectivity index (χ0v) is 34.8. The monoisotopic (exact) mass is 775 g/mol. The Balaban J connectivity index is 0.0000125. The third kappa shape index (κ3) is 24.4. The van der Waals surface area contributed by atoms with E-state index in [1.54, 1.807) is 0 Å². The summed E-state index contributed by atoms with van der Waals surface area (Å²) in [6.45, 7) is 10.9. The summed E-state index contributed by atoms with van der Waals surface area (Å²) < 4.78 is 0. The molecule has 0 spiro atoms. The number of aliphatic imine (C=N–C) groups is 2. The second kappa shape index (κ2) is 31.9. The summed E-state index contributed by atoms with van der Waals surface area (Å²) in [6, 6.07) is 12.8. The molecule has 0 bridgehead atoms. The van der Waals surface area contributed by atoms with E-state index in [4.69, 9.17) is 9.98 Å². The Morgan fingerprint density at radius 1 is 0.460 bits per heavy atom. The van der Waals surface area contributed by atoms with E-state index in [0.717, 1.165) is 23.5 Å². The predicted molar refractivity (Wildman–Crippen MR) is 222 cm³/mol. The first-order chi connectivity index (χ1) is 24.0. The van der Waals surface area contributed by atoms with Crippen LogP contribution >= 0.6 is 0 Å². The van der Waals surface area contributed by atoms with E-state index < -0.39 is 0 Å². The minimum Gasteiger partial charge on any atom is -0.255 e. The number of benzene rings is 2. The summed E-state index contributed by atoms with van der Waals surface area (Å²) in [7, 11) is 0. The van der Waals surface area contributed by atoms with Gasteiger partial charge in [-0.15, -0.1) is 0 Å². The van der Waals surface area contributed by atoms with Crippen molar-refractivity contribution >= 4 is 23.3 Å². The molecule has 3 heteroatoms. The van der Waals surface area contributed by atoms with Crippen LogP contribution in [0.5, 0.6) is 0 Å². The molecule has 2 rings (SSSR count). The van der Waals surface area contributed by atoms with Gasteiger partial charge in [-0.3, -0.25) is 4.99 Å². The summed E-state index contributed by atoms with van der Waals surface area (Å²) in [5, 5.41) is 0. The summed E-state index contributed by atoms with van der Waals surface area (Å²) in [4.78, 5) is 9.68. The van der Waals surface area contributed by atoms with Crippen LogP contribution in [0, 0.1) is 27.7 Å². The molecule has 50 heavy (non-hydrogen) atoms. The van der Waals surface area contributed by atoms with Gasteiger partial charge in [-0.2, -0.15) is 0 Å². The fraction of sp³-hybridized carbons (Fsp3) is 0.660. The van der Waals surface area contributed by atoms with Crippen molar-refractivity contribution in [1.29, 1.82) is 0 Å². The van der Waals surface area contributed by atoms with Crippen LogP contribution in [0.15, 0.2) is 58.5 Å². The quantitative estimate of drug-likeness (QED) is 0.0429. The van der Waals surface area contributed by atoms with Crippen molar-refractivity contribution in [3.05, 3.63) is 70.8 Å². The van der Waals surface area contributed by atoms with E-state index in [1.807, 2.05) is 6.21 Å². The molecule has 0 aliphatic rings. The van der Waals surface area contributed by atoms with Gasteiger partial charge in [0, 0.05) is 20.4 Å². The first-order valence-corrected chi connectivity index (χ1v) is 20.9. The summed E-state index contributed by atoms with van der Waals surface area (Å²) >= 11 is 0. The van der Waals surface area contributed by atoms with Gasteiger partial charge in [-0.1, -0.05) is 179 Å². The van der Waals surface area contributed by atoms with E-state index in [1.165, 1.54) is 183 Å². The molecule has 0 amide bonds. The Bertz CT molecular complexity index is 1190. The van der Waals surface area contributed by atoms with Gasteiger partial charge in [0.2, 0.25) is 0 Å². The second-order valence-electron chi connectivity index (χ2n) is 15.0. The molecule has 2 aromatic rings. The van der Waals surface area contributed by atoms with Crippen LogP contribution < -0.4 is 0 Å². The normalized spacial score (nSPS) is 12.0. The number of rotatable bonds is 30. The largest absolute Gasteiger partial charge is 0.255 e. The predicted octanol–water partition coefficient (Wildman–Crippen LogP) is 16.1. The van der Waals surface area contributed by atoms with Gasteiger partial charge in [0.05, 0.1) is 23.3 Å². The number of aryl methyl sites for hydroxylation is 4. The number of hydrogen-bond acceptors (Lipinski definition) is 2. The van der Waals surface area contributed by atoms with Gasteiger partial charge < -0.3 is 0 Å². The molecule has 2 nitrogen and oxygen atoms in total. The molecule has 0 saturated heterocycles. The van der Waals surface area contributed by atoms with Crippen molar-refractivity contribution in [3.63, 3.8) is 0 Å². The van der Waals surface area contributed by atoms with E-state index in [-0.39, 0.29) is 20.4 Å². The van der Waals surface area contributed by atoms with Gasteiger partial charge in [-0.25, -0.2) is 4.99 Å². The Kier molecular flexibility index (Phi) is 29.5. The second-order valence-corrected chi connectivity index (χ2v) is 15.0. The van der Waals surface area contributed by atoms with E-state index >= 15 is 0 Å². The molecule has 284 valence electrons. The van der Waals surface area contributed by atoms with Crippen LogP contribution in [-0.2, 0) is 20.4 Å². The number of unbranched alkanes of at least 4 members (excludes halogenated alkanes) is 25. The van der Waals surface area contributed by atoms with Crippen LogP contribution in [0.2, 0.25) is 0 Å². The maximum atomic E-state index is 4.93. The maximum Gasteiger partial charge on any atom is 0.0816 e. The average Bonchev–Trinajstić information content (AvgIpc) is 3.09. The summed E-state index contributed by atoms with van der Waals surface area (Å²) in [6.07, 6.45) is 43.3. The molecular formula is C47H76N2Pd. The summed E-state index contributed by atoms with van der Waals surface area (Å²) in [5.41, 5.74) is 7.99. The van der Waals surface area contributed by atoms with Gasteiger partial charge in [0.25, 0.3) is 0 Å². The van der Waals surface area contributed by atoms with Gasteiger partial charge in [-0.05, 0) is 93.1 Å². The van der Waals surface area contributed by atoms with Crippen molar-refractivity contribution in [2.75, 3.05) is 0 Å². The van der Waals surface area contributed by atoms with Crippen molar-refractivity contribution in [1.82, 2.24) is 0 Å². The van der Waals surface area contributed by atoms with E-state index in [2.05, 4.69) is 83.2 Å². The first-order valence-electron chi connectivity index (χ1n) is 20.9. The Hall–Kier alpha value is -1.82. The molecule has 0 aliphatic carbocycles. The Morgan fingerprint density at radius 3 is 1.22 bits per heavy atom. The van der Waals surface area contributed by atoms with Crippen LogP contribution in [0.3, 0.4) is 0 Å². The van der Waals surface area contributed by atoms with Gasteiger partial charge in [0.1, 0.15) is 0 Å². The zero-order chi connectivity index (χ0) is 35.2. The van der Waals surface area contributed by atoms with Crippen LogP contribution in [0.4, 0.5) is 11.4 Å². The molecule has 0 atom stereocenters. The van der Waals surface area contributed by atoms with Crippen molar-refractivity contribution in [2.24, 2.45) is 9.98 Å². The standard InChI is InChI=1S/C47H76N2.Pd/c1-6-7-8-9-10-11-12-13-14-15-16-17-18-19-20-21-22-23-24-25-26-27-28-29-30-31-32-33-47(49-46-37-35-42(3)44(5)39-46)40-48-45-36-34-41(2)43(4)38-45;/h32-40H,6-31H2,1-5H3;. The van der Waals surface area contributed by atoms with Gasteiger partial charge >= 0.3 is 0 Å². The molecule has 0 radical (unpaired) electrons. The van der Waals surface area contributed by atoms with Crippen LogP contribution in [0.25, 0.3) is 0 Å². The van der Waals surface area contributed by atoms with Crippen LogP contribution in [0.1, 0.15) is 196 Å². The smallest absolute Gasteiger partial charge is 0.0816 e. The molecular weight excluding hydrogens is 699 g/mol. The Labute approximate surface area is 324 Å². The Morgan fingerprint density at radius 2 is 0.820 bits per heavy atom. The SMILES string of the molecule is CCCCCCCCCCCCCCCCCCCCCCCCCCCC=CC(C=Nc1ccc(C)c(C)c1)=Nc1ccc(C)c(C)c1.[Pd]. The zero-order valence-electron chi connectivity index (χ0n) is 33.3. The average molecular weight is 776 g/mol. The van der Waals surface area contributed by atoms with E-state index in [0.29, 0.717) is 0 Å². The minimum absolute atomic E-state index is 0. The molecule has 0 aromatic heterocycles. The topological polar surface area (TPSA) is 24.7 Å². The summed E-state index contributed by atoms with van der Waals surface area (Å²) in [5.74, 6) is 0. The third-order valence-corrected chi connectivity index (χ3v) is 10.3. The van der Waals surface area contributed by atoms with Crippen molar-refractivity contribution in [2.45, 2.75) is 202 Å². The van der Waals surface area contributed by atoms with Crippen molar-refractivity contribution < 1.29 is 20.4 Å². The number of hydrogen-bond donors (Lipinski definition) is 0. The molecule has 0 saturated carbocycles. The molecule has 0 aliphatic heterocycles. The first kappa shape index (κ1) is 46.2. The fourth-order valence-corrected chi connectivity index (χ4v) is 6.61. The van der Waals surface area contributed by atoms with Crippen LogP contribution in [-0.4, -0.2) is 11.9 Å². The number of allylic oxidation sites excluding steroid dienone is 2. The molecule has 0 heterocycles. The molecule has 0 unspecified atom stereocenters. The molecule has 0 fully saturated rings. The number of nitrogens with zero attached hydrogens (tertiary/aromatic N) is 2. The van der Waals surface area contributed by atoms with E-state index in [9.17, 15) is 0 Å². The maximum absolute atomic E-state index is 4.93. The fourth-order valence-electron chi connectivity index (χ4n) is 6.61.